The average Bonchev–Trinajstić information content (AvgIpc) is 3.32. The molecule has 0 fully saturated rings. The van der Waals surface area contributed by atoms with E-state index >= 15 is 0 Å². The van der Waals surface area contributed by atoms with Crippen molar-refractivity contribution in [3.63, 3.8) is 0 Å². The lowest BCUT2D eigenvalue weighted by atomic mass is 10.0. The number of carbonyl (C=O) groups is 2. The number of hydrogen-bond acceptors (Lipinski definition) is 5. The minimum atomic E-state index is -0.535. The van der Waals surface area contributed by atoms with E-state index in [0.717, 1.165) is 51.4 Å². The van der Waals surface area contributed by atoms with Crippen molar-refractivity contribution in [1.82, 2.24) is 0 Å². The van der Waals surface area contributed by atoms with Crippen LogP contribution in [0.2, 0.25) is 0 Å². The minimum absolute atomic E-state index is 0.0863. The van der Waals surface area contributed by atoms with Crippen LogP contribution in [0.3, 0.4) is 0 Å². The highest BCUT2D eigenvalue weighted by Crippen LogP contribution is 2.17. The van der Waals surface area contributed by atoms with Gasteiger partial charge in [-0.15, -0.1) is 0 Å². The van der Waals surface area contributed by atoms with Crippen molar-refractivity contribution in [2.45, 2.75) is 335 Å². The van der Waals surface area contributed by atoms with Crippen LogP contribution < -0.4 is 0 Å². The highest BCUT2D eigenvalue weighted by atomic mass is 16.6. The molecule has 1 atom stereocenters. The summed E-state index contributed by atoms with van der Waals surface area (Å²) in [7, 11) is 0. The molecule has 0 aliphatic carbocycles. The fourth-order valence-electron chi connectivity index (χ4n) is 9.01. The van der Waals surface area contributed by atoms with Gasteiger partial charge >= 0.3 is 11.9 Å². The van der Waals surface area contributed by atoms with E-state index in [1.54, 1.807) is 0 Å². The Morgan fingerprint density at radius 3 is 1.03 bits per heavy atom. The summed E-state index contributed by atoms with van der Waals surface area (Å²) in [5.41, 5.74) is 0. The van der Waals surface area contributed by atoms with E-state index in [1.165, 1.54) is 244 Å². The van der Waals surface area contributed by atoms with Crippen LogP contribution in [-0.4, -0.2) is 37.9 Å². The Hall–Kier alpha value is -1.62. The number of hydrogen-bond donors (Lipinski definition) is 0. The lowest BCUT2D eigenvalue weighted by Crippen LogP contribution is -2.30. The van der Waals surface area contributed by atoms with E-state index < -0.39 is 6.10 Å². The number of carbonyl (C=O) groups excluding carboxylic acids is 2. The Kier molecular flexibility index (Phi) is 56.3. The van der Waals surface area contributed by atoms with Gasteiger partial charge in [0, 0.05) is 19.4 Å². The third-order valence-electron chi connectivity index (χ3n) is 13.5. The molecule has 1 unspecified atom stereocenters. The first-order valence-electron chi connectivity index (χ1n) is 29.9. The Balaban J connectivity index is 4.20. The summed E-state index contributed by atoms with van der Waals surface area (Å²) in [5.74, 6) is -0.389. The van der Waals surface area contributed by atoms with Crippen molar-refractivity contribution < 1.29 is 23.8 Å². The summed E-state index contributed by atoms with van der Waals surface area (Å²) in [4.78, 5) is 25.5. The quantitative estimate of drug-likeness (QED) is 0.0345. The van der Waals surface area contributed by atoms with E-state index in [4.69, 9.17) is 14.2 Å². The number of unbranched alkanes of at least 4 members (excludes halogenated alkanes) is 41. The summed E-state index contributed by atoms with van der Waals surface area (Å²) >= 11 is 0. The highest BCUT2D eigenvalue weighted by Gasteiger charge is 2.17. The summed E-state index contributed by atoms with van der Waals surface area (Å²) in [6, 6.07) is 0. The van der Waals surface area contributed by atoms with Gasteiger partial charge in [0.25, 0.3) is 0 Å². The molecule has 0 amide bonds. The maximum absolute atomic E-state index is 12.9. The predicted octanol–water partition coefficient (Wildman–Crippen LogP) is 20.4. The lowest BCUT2D eigenvalue weighted by Gasteiger charge is -2.18. The number of esters is 2. The molecule has 66 heavy (non-hydrogen) atoms. The van der Waals surface area contributed by atoms with Crippen molar-refractivity contribution in [2.75, 3.05) is 19.8 Å². The number of allylic oxidation sites excluding steroid dienone is 4. The van der Waals surface area contributed by atoms with Crippen LogP contribution in [0, 0.1) is 0 Å². The molecule has 0 aliphatic heterocycles. The van der Waals surface area contributed by atoms with Gasteiger partial charge in [0.2, 0.25) is 0 Å². The van der Waals surface area contributed by atoms with Gasteiger partial charge in [-0.25, -0.2) is 0 Å². The van der Waals surface area contributed by atoms with Crippen LogP contribution in [0.1, 0.15) is 329 Å². The lowest BCUT2D eigenvalue weighted by molar-refractivity contribution is -0.163. The van der Waals surface area contributed by atoms with Crippen LogP contribution in [0.4, 0.5) is 0 Å². The van der Waals surface area contributed by atoms with Crippen LogP contribution in [0.25, 0.3) is 0 Å². The molecule has 5 nitrogen and oxygen atoms in total. The molecule has 0 bridgehead atoms. The third kappa shape index (κ3) is 55.0. The molecule has 0 N–H and O–H groups in total. The minimum Gasteiger partial charge on any atom is -0.462 e. The van der Waals surface area contributed by atoms with E-state index in [9.17, 15) is 9.59 Å². The van der Waals surface area contributed by atoms with E-state index in [0.29, 0.717) is 26.1 Å². The van der Waals surface area contributed by atoms with Gasteiger partial charge in [0.15, 0.2) is 6.10 Å². The monoisotopic (exact) mass is 929 g/mol. The normalized spacial score (nSPS) is 12.2. The largest absolute Gasteiger partial charge is 0.462 e. The first-order valence-corrected chi connectivity index (χ1v) is 29.9. The second kappa shape index (κ2) is 57.7. The zero-order valence-electron chi connectivity index (χ0n) is 45.0. The summed E-state index contributed by atoms with van der Waals surface area (Å²) in [6.07, 6.45) is 69.2. The molecule has 0 radical (unpaired) electrons. The van der Waals surface area contributed by atoms with Crippen LogP contribution in [0.5, 0.6) is 0 Å². The second-order valence-electron chi connectivity index (χ2n) is 20.3. The van der Waals surface area contributed by atoms with Crippen LogP contribution in [0.15, 0.2) is 24.3 Å². The number of rotatable bonds is 56. The molecule has 0 saturated carbocycles. The fraction of sp³-hybridized carbons (Fsp3) is 0.902. The van der Waals surface area contributed by atoms with Gasteiger partial charge in [-0.1, -0.05) is 289 Å². The summed E-state index contributed by atoms with van der Waals surface area (Å²) in [5, 5.41) is 0. The van der Waals surface area contributed by atoms with Gasteiger partial charge in [-0.3, -0.25) is 9.59 Å². The van der Waals surface area contributed by atoms with E-state index in [2.05, 4.69) is 45.1 Å². The fourth-order valence-corrected chi connectivity index (χ4v) is 9.01. The van der Waals surface area contributed by atoms with Gasteiger partial charge in [0.05, 0.1) is 6.61 Å². The zero-order chi connectivity index (χ0) is 47.7. The smallest absolute Gasteiger partial charge is 0.306 e. The molecule has 390 valence electrons. The Bertz CT molecular complexity index is 1010. The van der Waals surface area contributed by atoms with Crippen molar-refractivity contribution in [3.05, 3.63) is 24.3 Å². The molecule has 0 heterocycles. The molecule has 0 saturated heterocycles. The first-order chi connectivity index (χ1) is 32.6. The van der Waals surface area contributed by atoms with Crippen molar-refractivity contribution in [2.24, 2.45) is 0 Å². The Morgan fingerprint density at radius 2 is 0.636 bits per heavy atom. The predicted molar refractivity (Wildman–Crippen MR) is 289 cm³/mol. The first kappa shape index (κ1) is 64.4. The highest BCUT2D eigenvalue weighted by molar-refractivity contribution is 5.70. The van der Waals surface area contributed by atoms with Crippen molar-refractivity contribution >= 4 is 11.9 Å². The molecule has 0 aliphatic rings. The summed E-state index contributed by atoms with van der Waals surface area (Å²) in [6.45, 7) is 7.87. The maximum atomic E-state index is 12.9. The average molecular weight is 930 g/mol. The molecule has 0 rings (SSSR count). The molecule has 0 aromatic heterocycles. The Labute approximate surface area is 413 Å². The molecule has 0 aromatic carbocycles. The molecular weight excluding hydrogens is 813 g/mol. The molecule has 5 heteroatoms. The third-order valence-corrected chi connectivity index (χ3v) is 13.5. The van der Waals surface area contributed by atoms with Gasteiger partial charge in [-0.05, 0) is 51.4 Å². The van der Waals surface area contributed by atoms with Crippen LogP contribution >= 0.6 is 0 Å². The molecular formula is C61H116O5. The zero-order valence-corrected chi connectivity index (χ0v) is 45.0. The van der Waals surface area contributed by atoms with Gasteiger partial charge in [-0.2, -0.15) is 0 Å². The van der Waals surface area contributed by atoms with Gasteiger partial charge < -0.3 is 14.2 Å². The molecule has 0 aromatic rings. The van der Waals surface area contributed by atoms with Gasteiger partial charge in [0.1, 0.15) is 6.61 Å². The Morgan fingerprint density at radius 1 is 0.333 bits per heavy atom. The second-order valence-corrected chi connectivity index (χ2v) is 20.3. The summed E-state index contributed by atoms with van der Waals surface area (Å²) < 4.78 is 17.5. The topological polar surface area (TPSA) is 61.8 Å². The molecule has 0 spiro atoms. The maximum Gasteiger partial charge on any atom is 0.306 e. The van der Waals surface area contributed by atoms with E-state index in [-0.39, 0.29) is 18.5 Å². The van der Waals surface area contributed by atoms with E-state index in [1.807, 2.05) is 0 Å². The SMILES string of the molecule is CCCCC/C=C\C/C=C\CCCCCCCC(=O)OCC(COCCCCCCCCCCCCCCCCCCCCCC)OC(=O)CCCCCCCCCCCCCCCCC. The van der Waals surface area contributed by atoms with Crippen molar-refractivity contribution in [1.29, 1.82) is 0 Å². The van der Waals surface area contributed by atoms with Crippen LogP contribution in [-0.2, 0) is 23.8 Å². The number of ether oxygens (including phenoxy) is 3. The standard InChI is InChI=1S/C61H116O5/c1-4-7-10-13-16-19-22-25-28-29-30-31-32-35-38-41-44-47-50-53-56-64-57-59(66-61(63)55-52-49-46-43-40-37-34-27-24-21-18-15-12-9-6-3)58-65-60(62)54-51-48-45-42-39-36-33-26-23-20-17-14-11-8-5-2/h17,20,26,33,59H,4-16,18-19,21-25,27-32,34-58H2,1-3H3/b20-17-,33-26-. The van der Waals surface area contributed by atoms with Crippen molar-refractivity contribution in [3.8, 4) is 0 Å².